The normalized spacial score (nSPS) is 13.0. The SMILES string of the molecule is CCN1CN(Cc2ccc(OCc3ccccc3)cc2)c2ccccc21. The minimum absolute atomic E-state index is 0.602. The highest BCUT2D eigenvalue weighted by Gasteiger charge is 2.23. The zero-order chi connectivity index (χ0) is 17.8. The molecule has 0 aliphatic carbocycles. The molecule has 1 aliphatic rings. The maximum absolute atomic E-state index is 5.89. The zero-order valence-electron chi connectivity index (χ0n) is 15.1. The molecule has 0 bridgehead atoms. The first-order chi connectivity index (χ1) is 12.8. The van der Waals surface area contributed by atoms with Crippen molar-refractivity contribution in [1.82, 2.24) is 0 Å². The van der Waals surface area contributed by atoms with Crippen molar-refractivity contribution in [2.24, 2.45) is 0 Å². The molecular weight excluding hydrogens is 320 g/mol. The van der Waals surface area contributed by atoms with E-state index in [4.69, 9.17) is 4.74 Å². The summed E-state index contributed by atoms with van der Waals surface area (Å²) in [5, 5.41) is 0. The maximum atomic E-state index is 5.89. The van der Waals surface area contributed by atoms with Crippen molar-refractivity contribution in [3.8, 4) is 5.75 Å². The van der Waals surface area contributed by atoms with Gasteiger partial charge >= 0.3 is 0 Å². The third-order valence-electron chi connectivity index (χ3n) is 4.83. The van der Waals surface area contributed by atoms with E-state index in [2.05, 4.69) is 77.4 Å². The minimum atomic E-state index is 0.602. The highest BCUT2D eigenvalue weighted by molar-refractivity contribution is 5.76. The molecule has 4 rings (SSSR count). The summed E-state index contributed by atoms with van der Waals surface area (Å²) in [5.41, 5.74) is 5.13. The van der Waals surface area contributed by atoms with Crippen LogP contribution in [0.1, 0.15) is 18.1 Å². The van der Waals surface area contributed by atoms with Crippen molar-refractivity contribution < 1.29 is 4.74 Å². The third kappa shape index (κ3) is 3.52. The Kier molecular flexibility index (Phi) is 4.78. The van der Waals surface area contributed by atoms with Gasteiger partial charge in [-0.3, -0.25) is 0 Å². The standard InChI is InChI=1S/C23H24N2O/c1-2-24-18-25(23-11-7-6-10-22(23)24)16-19-12-14-21(15-13-19)26-17-20-8-4-3-5-9-20/h3-15H,2,16-18H2,1H3. The molecule has 0 unspecified atom stereocenters. The van der Waals surface area contributed by atoms with Crippen LogP contribution in [-0.2, 0) is 13.2 Å². The number of ether oxygens (including phenoxy) is 1. The van der Waals surface area contributed by atoms with Gasteiger partial charge in [0.15, 0.2) is 0 Å². The summed E-state index contributed by atoms with van der Waals surface area (Å²) in [7, 11) is 0. The summed E-state index contributed by atoms with van der Waals surface area (Å²) in [4.78, 5) is 4.84. The molecule has 0 saturated heterocycles. The van der Waals surface area contributed by atoms with E-state index in [9.17, 15) is 0 Å². The number of benzene rings is 3. The molecule has 0 atom stereocenters. The van der Waals surface area contributed by atoms with Gasteiger partial charge in [0.2, 0.25) is 0 Å². The topological polar surface area (TPSA) is 15.7 Å². The van der Waals surface area contributed by atoms with Gasteiger partial charge in [0.25, 0.3) is 0 Å². The number of hydrogen-bond acceptors (Lipinski definition) is 3. The molecule has 0 saturated carbocycles. The van der Waals surface area contributed by atoms with Crippen molar-refractivity contribution >= 4 is 11.4 Å². The van der Waals surface area contributed by atoms with Crippen LogP contribution < -0.4 is 14.5 Å². The number of fused-ring (bicyclic) bond motifs is 1. The number of anilines is 2. The second kappa shape index (κ2) is 7.52. The Hall–Kier alpha value is -2.94. The van der Waals surface area contributed by atoms with Gasteiger partial charge in [-0.05, 0) is 42.3 Å². The van der Waals surface area contributed by atoms with Crippen molar-refractivity contribution in [2.75, 3.05) is 23.0 Å². The molecule has 0 aromatic heterocycles. The number of hydrogen-bond donors (Lipinski definition) is 0. The molecular formula is C23H24N2O. The van der Waals surface area contributed by atoms with Gasteiger partial charge < -0.3 is 14.5 Å². The molecule has 0 radical (unpaired) electrons. The summed E-state index contributed by atoms with van der Waals surface area (Å²) in [6, 6.07) is 27.4. The van der Waals surface area contributed by atoms with E-state index in [1.165, 1.54) is 22.5 Å². The Morgan fingerprint density at radius 3 is 2.08 bits per heavy atom. The summed E-state index contributed by atoms with van der Waals surface area (Å²) in [5.74, 6) is 0.912. The Morgan fingerprint density at radius 2 is 1.38 bits per heavy atom. The van der Waals surface area contributed by atoms with Gasteiger partial charge in [0, 0.05) is 13.1 Å². The number of nitrogens with zero attached hydrogens (tertiary/aromatic N) is 2. The molecule has 1 heterocycles. The number of para-hydroxylation sites is 2. The fraction of sp³-hybridized carbons (Fsp3) is 0.217. The van der Waals surface area contributed by atoms with Crippen LogP contribution in [0.5, 0.6) is 5.75 Å². The molecule has 1 aliphatic heterocycles. The maximum Gasteiger partial charge on any atom is 0.119 e. The minimum Gasteiger partial charge on any atom is -0.489 e. The Labute approximate surface area is 155 Å². The fourth-order valence-corrected chi connectivity index (χ4v) is 3.42. The van der Waals surface area contributed by atoms with Gasteiger partial charge in [0.1, 0.15) is 12.4 Å². The van der Waals surface area contributed by atoms with Crippen molar-refractivity contribution in [2.45, 2.75) is 20.1 Å². The van der Waals surface area contributed by atoms with Crippen molar-refractivity contribution in [3.63, 3.8) is 0 Å². The first-order valence-electron chi connectivity index (χ1n) is 9.18. The second-order valence-corrected chi connectivity index (χ2v) is 6.60. The number of rotatable bonds is 6. The fourth-order valence-electron chi connectivity index (χ4n) is 3.42. The summed E-state index contributed by atoms with van der Waals surface area (Å²) >= 11 is 0. The van der Waals surface area contributed by atoms with Crippen LogP contribution in [-0.4, -0.2) is 13.2 Å². The van der Waals surface area contributed by atoms with Crippen LogP contribution >= 0.6 is 0 Å². The molecule has 0 amide bonds. The first-order valence-corrected chi connectivity index (χ1v) is 9.18. The van der Waals surface area contributed by atoms with E-state index in [1.54, 1.807) is 0 Å². The lowest BCUT2D eigenvalue weighted by molar-refractivity contribution is 0.306. The van der Waals surface area contributed by atoms with E-state index in [0.29, 0.717) is 6.61 Å². The Morgan fingerprint density at radius 1 is 0.731 bits per heavy atom. The average molecular weight is 344 g/mol. The summed E-state index contributed by atoms with van der Waals surface area (Å²) in [6.07, 6.45) is 0. The molecule has 0 fully saturated rings. The lowest BCUT2D eigenvalue weighted by Gasteiger charge is -2.21. The molecule has 0 N–H and O–H groups in total. The van der Waals surface area contributed by atoms with E-state index >= 15 is 0 Å². The van der Waals surface area contributed by atoms with Crippen molar-refractivity contribution in [3.05, 3.63) is 90.0 Å². The van der Waals surface area contributed by atoms with E-state index in [0.717, 1.165) is 25.5 Å². The second-order valence-electron chi connectivity index (χ2n) is 6.60. The zero-order valence-corrected chi connectivity index (χ0v) is 15.1. The van der Waals surface area contributed by atoms with Crippen LogP contribution in [0.25, 0.3) is 0 Å². The van der Waals surface area contributed by atoms with Gasteiger partial charge in [-0.25, -0.2) is 0 Å². The monoisotopic (exact) mass is 344 g/mol. The predicted molar refractivity (Wildman–Crippen MR) is 108 cm³/mol. The Balaban J connectivity index is 1.40. The Bertz CT molecular complexity index is 846. The van der Waals surface area contributed by atoms with Crippen molar-refractivity contribution in [1.29, 1.82) is 0 Å². The third-order valence-corrected chi connectivity index (χ3v) is 4.83. The van der Waals surface area contributed by atoms with Gasteiger partial charge in [-0.15, -0.1) is 0 Å². The molecule has 132 valence electrons. The highest BCUT2D eigenvalue weighted by Crippen LogP contribution is 2.36. The molecule has 3 heteroatoms. The van der Waals surface area contributed by atoms with E-state index in [-0.39, 0.29) is 0 Å². The average Bonchev–Trinajstić information content (AvgIpc) is 3.06. The van der Waals surface area contributed by atoms with Gasteiger partial charge in [-0.1, -0.05) is 54.6 Å². The lowest BCUT2D eigenvalue weighted by Crippen LogP contribution is -2.30. The lowest BCUT2D eigenvalue weighted by atomic mass is 10.2. The molecule has 3 nitrogen and oxygen atoms in total. The van der Waals surface area contributed by atoms with Crippen LogP contribution in [0.3, 0.4) is 0 Å². The van der Waals surface area contributed by atoms with Crippen LogP contribution in [0, 0.1) is 0 Å². The van der Waals surface area contributed by atoms with Crippen LogP contribution in [0.2, 0.25) is 0 Å². The molecule has 3 aromatic rings. The summed E-state index contributed by atoms with van der Waals surface area (Å²) in [6.45, 7) is 5.69. The summed E-state index contributed by atoms with van der Waals surface area (Å²) < 4.78 is 5.89. The van der Waals surface area contributed by atoms with Gasteiger partial charge in [-0.2, -0.15) is 0 Å². The quantitative estimate of drug-likeness (QED) is 0.621. The molecule has 0 spiro atoms. The molecule has 26 heavy (non-hydrogen) atoms. The van der Waals surface area contributed by atoms with E-state index < -0.39 is 0 Å². The van der Waals surface area contributed by atoms with Gasteiger partial charge in [0.05, 0.1) is 18.0 Å². The first kappa shape index (κ1) is 16.5. The van der Waals surface area contributed by atoms with E-state index in [1.807, 2.05) is 18.2 Å². The van der Waals surface area contributed by atoms with Crippen LogP contribution in [0.4, 0.5) is 11.4 Å². The largest absolute Gasteiger partial charge is 0.489 e. The smallest absolute Gasteiger partial charge is 0.119 e. The highest BCUT2D eigenvalue weighted by atomic mass is 16.5. The van der Waals surface area contributed by atoms with Crippen LogP contribution in [0.15, 0.2) is 78.9 Å². The molecule has 3 aromatic carbocycles. The predicted octanol–water partition coefficient (Wildman–Crippen LogP) is 5.07.